The predicted molar refractivity (Wildman–Crippen MR) is 55.7 cm³/mol. The van der Waals surface area contributed by atoms with E-state index in [4.69, 9.17) is 0 Å². The first kappa shape index (κ1) is 8.24. The van der Waals surface area contributed by atoms with Crippen molar-refractivity contribution in [1.82, 2.24) is 15.5 Å². The Hall–Kier alpha value is -1.09. The van der Waals surface area contributed by atoms with Gasteiger partial charge in [-0.05, 0) is 37.3 Å². The lowest BCUT2D eigenvalue weighted by Crippen LogP contribution is -2.40. The third-order valence-corrected chi connectivity index (χ3v) is 3.39. The Morgan fingerprint density at radius 1 is 1.43 bits per heavy atom. The van der Waals surface area contributed by atoms with Crippen molar-refractivity contribution in [3.63, 3.8) is 0 Å². The molecule has 0 saturated carbocycles. The van der Waals surface area contributed by atoms with Crippen molar-refractivity contribution in [1.29, 1.82) is 0 Å². The molecule has 1 saturated heterocycles. The molecular formula is C11H15N3. The highest BCUT2D eigenvalue weighted by Crippen LogP contribution is 2.36. The number of rotatable bonds is 1. The fourth-order valence-corrected chi connectivity index (χ4v) is 2.67. The van der Waals surface area contributed by atoms with Crippen molar-refractivity contribution in [2.24, 2.45) is 5.92 Å². The number of piperidine rings is 1. The number of aromatic amines is 1. The summed E-state index contributed by atoms with van der Waals surface area (Å²) in [6.07, 6.45) is 10.1. The Labute approximate surface area is 83.6 Å². The van der Waals surface area contributed by atoms with E-state index in [0.29, 0.717) is 0 Å². The van der Waals surface area contributed by atoms with Gasteiger partial charge in [0.15, 0.2) is 0 Å². The Balaban J connectivity index is 1.92. The highest BCUT2D eigenvalue weighted by Gasteiger charge is 2.28. The van der Waals surface area contributed by atoms with Crippen LogP contribution in [0.5, 0.6) is 0 Å². The van der Waals surface area contributed by atoms with Crippen molar-refractivity contribution >= 4 is 5.57 Å². The van der Waals surface area contributed by atoms with Crippen molar-refractivity contribution in [3.05, 3.63) is 24.0 Å². The molecule has 0 spiro atoms. The Morgan fingerprint density at radius 3 is 3.29 bits per heavy atom. The van der Waals surface area contributed by atoms with Gasteiger partial charge in [-0.3, -0.25) is 5.10 Å². The van der Waals surface area contributed by atoms with Crippen LogP contribution in [0.2, 0.25) is 0 Å². The Morgan fingerprint density at radius 2 is 2.43 bits per heavy atom. The van der Waals surface area contributed by atoms with Crippen LogP contribution in [0.4, 0.5) is 0 Å². The summed E-state index contributed by atoms with van der Waals surface area (Å²) in [5.74, 6) is 0.757. The van der Waals surface area contributed by atoms with E-state index in [1.54, 1.807) is 0 Å². The summed E-state index contributed by atoms with van der Waals surface area (Å²) in [5, 5.41) is 10.5. The summed E-state index contributed by atoms with van der Waals surface area (Å²) in [5.41, 5.74) is 2.80. The number of nitrogens with zero attached hydrogens (tertiary/aromatic N) is 1. The van der Waals surface area contributed by atoms with Crippen molar-refractivity contribution in [3.8, 4) is 0 Å². The maximum absolute atomic E-state index is 4.02. The molecule has 3 rings (SSSR count). The van der Waals surface area contributed by atoms with E-state index in [0.717, 1.165) is 12.0 Å². The third kappa shape index (κ3) is 1.28. The SMILES string of the molecule is C1=C(c2cn[nH]c2)C2CCNC(C1)C2. The van der Waals surface area contributed by atoms with Gasteiger partial charge < -0.3 is 5.32 Å². The molecule has 74 valence electrons. The first-order chi connectivity index (χ1) is 6.93. The summed E-state index contributed by atoms with van der Waals surface area (Å²) in [6, 6.07) is 0.726. The van der Waals surface area contributed by atoms with Gasteiger partial charge in [0.05, 0.1) is 6.20 Å². The second-order valence-corrected chi connectivity index (χ2v) is 4.25. The normalized spacial score (nSPS) is 31.3. The van der Waals surface area contributed by atoms with Gasteiger partial charge in [0, 0.05) is 17.8 Å². The van der Waals surface area contributed by atoms with E-state index in [2.05, 4.69) is 21.6 Å². The topological polar surface area (TPSA) is 40.7 Å². The first-order valence-corrected chi connectivity index (χ1v) is 5.36. The molecule has 3 nitrogen and oxygen atoms in total. The van der Waals surface area contributed by atoms with E-state index >= 15 is 0 Å². The van der Waals surface area contributed by atoms with Crippen LogP contribution in [0, 0.1) is 5.92 Å². The number of hydrogen-bond donors (Lipinski definition) is 2. The maximum Gasteiger partial charge on any atom is 0.0562 e. The number of fused-ring (bicyclic) bond motifs is 2. The van der Waals surface area contributed by atoms with Crippen LogP contribution >= 0.6 is 0 Å². The van der Waals surface area contributed by atoms with Crippen LogP contribution in [-0.4, -0.2) is 22.8 Å². The van der Waals surface area contributed by atoms with Crippen LogP contribution < -0.4 is 5.32 Å². The minimum atomic E-state index is 0.726. The van der Waals surface area contributed by atoms with Crippen LogP contribution in [-0.2, 0) is 0 Å². The van der Waals surface area contributed by atoms with E-state index in [1.165, 1.54) is 36.9 Å². The summed E-state index contributed by atoms with van der Waals surface area (Å²) < 4.78 is 0. The molecule has 1 fully saturated rings. The molecule has 0 aromatic carbocycles. The quantitative estimate of drug-likeness (QED) is 0.704. The van der Waals surface area contributed by atoms with Gasteiger partial charge in [-0.2, -0.15) is 5.10 Å². The fourth-order valence-electron chi connectivity index (χ4n) is 2.67. The summed E-state index contributed by atoms with van der Waals surface area (Å²) in [6.45, 7) is 1.17. The molecule has 14 heavy (non-hydrogen) atoms. The zero-order valence-corrected chi connectivity index (χ0v) is 8.16. The summed E-state index contributed by atoms with van der Waals surface area (Å²) in [7, 11) is 0. The fraction of sp³-hybridized carbons (Fsp3) is 0.545. The van der Waals surface area contributed by atoms with Crippen LogP contribution in [0.15, 0.2) is 18.5 Å². The number of allylic oxidation sites excluding steroid dienone is 1. The minimum Gasteiger partial charge on any atom is -0.314 e. The van der Waals surface area contributed by atoms with Gasteiger partial charge >= 0.3 is 0 Å². The monoisotopic (exact) mass is 189 g/mol. The highest BCUT2D eigenvalue weighted by atomic mass is 15.1. The van der Waals surface area contributed by atoms with Gasteiger partial charge in [-0.1, -0.05) is 6.08 Å². The molecule has 2 atom stereocenters. The lowest BCUT2D eigenvalue weighted by Gasteiger charge is -2.35. The zero-order valence-electron chi connectivity index (χ0n) is 8.16. The molecule has 0 amide bonds. The second-order valence-electron chi connectivity index (χ2n) is 4.25. The molecule has 3 heteroatoms. The molecule has 2 aliphatic rings. The van der Waals surface area contributed by atoms with E-state index in [-0.39, 0.29) is 0 Å². The van der Waals surface area contributed by atoms with Crippen molar-refractivity contribution in [2.45, 2.75) is 25.3 Å². The van der Waals surface area contributed by atoms with Crippen molar-refractivity contribution < 1.29 is 0 Å². The van der Waals surface area contributed by atoms with Gasteiger partial charge in [-0.25, -0.2) is 0 Å². The van der Waals surface area contributed by atoms with Gasteiger partial charge in [0.1, 0.15) is 0 Å². The second kappa shape index (κ2) is 3.24. The van der Waals surface area contributed by atoms with Gasteiger partial charge in [-0.15, -0.1) is 0 Å². The summed E-state index contributed by atoms with van der Waals surface area (Å²) >= 11 is 0. The lowest BCUT2D eigenvalue weighted by atomic mass is 9.78. The standard InChI is InChI=1S/C11H15N3/c1-2-11(9-6-13-14-7-9)8-3-4-12-10(1)5-8/h2,6-8,10,12H,1,3-5H2,(H,13,14). The number of nitrogens with one attached hydrogen (secondary N) is 2. The lowest BCUT2D eigenvalue weighted by molar-refractivity contribution is 0.340. The maximum atomic E-state index is 4.02. The van der Waals surface area contributed by atoms with Gasteiger partial charge in [0.25, 0.3) is 0 Å². The minimum absolute atomic E-state index is 0.726. The molecule has 1 aromatic heterocycles. The van der Waals surface area contributed by atoms with E-state index in [9.17, 15) is 0 Å². The van der Waals surface area contributed by atoms with E-state index < -0.39 is 0 Å². The smallest absolute Gasteiger partial charge is 0.0562 e. The molecule has 1 aliphatic carbocycles. The molecule has 2 heterocycles. The van der Waals surface area contributed by atoms with Crippen LogP contribution in [0.25, 0.3) is 5.57 Å². The molecule has 2 bridgehead atoms. The third-order valence-electron chi connectivity index (χ3n) is 3.39. The molecule has 0 radical (unpaired) electrons. The first-order valence-electron chi connectivity index (χ1n) is 5.36. The molecular weight excluding hydrogens is 174 g/mol. The molecule has 2 N–H and O–H groups in total. The Bertz CT molecular complexity index is 339. The molecule has 1 aliphatic heterocycles. The molecule has 1 aromatic rings. The van der Waals surface area contributed by atoms with Gasteiger partial charge in [0.2, 0.25) is 0 Å². The van der Waals surface area contributed by atoms with Crippen LogP contribution in [0.1, 0.15) is 24.8 Å². The zero-order chi connectivity index (χ0) is 9.38. The number of aromatic nitrogens is 2. The Kier molecular flexibility index (Phi) is 1.91. The average molecular weight is 189 g/mol. The van der Waals surface area contributed by atoms with Crippen LogP contribution in [0.3, 0.4) is 0 Å². The van der Waals surface area contributed by atoms with E-state index in [1.807, 2.05) is 12.4 Å². The summed E-state index contributed by atoms with van der Waals surface area (Å²) in [4.78, 5) is 0. The average Bonchev–Trinajstić information content (AvgIpc) is 2.71. The van der Waals surface area contributed by atoms with Crippen molar-refractivity contribution in [2.75, 3.05) is 6.54 Å². The number of H-pyrrole nitrogens is 1. The highest BCUT2D eigenvalue weighted by molar-refractivity contribution is 5.67. The largest absolute Gasteiger partial charge is 0.314 e. The number of hydrogen-bond acceptors (Lipinski definition) is 2. The molecule has 2 unspecified atom stereocenters. The predicted octanol–water partition coefficient (Wildman–Crippen LogP) is 1.56.